The molecule has 0 unspecified atom stereocenters. The van der Waals surface area contributed by atoms with Crippen molar-refractivity contribution in [3.63, 3.8) is 0 Å². The van der Waals surface area contributed by atoms with E-state index in [-0.39, 0.29) is 5.91 Å². The van der Waals surface area contributed by atoms with Gasteiger partial charge in [0, 0.05) is 24.3 Å². The number of nitrogens with zero attached hydrogens (tertiary/aromatic N) is 2. The highest BCUT2D eigenvalue weighted by Gasteiger charge is 2.17. The molecule has 0 saturated carbocycles. The van der Waals surface area contributed by atoms with Crippen LogP contribution < -0.4 is 24.5 Å². The Hall–Kier alpha value is -3.26. The lowest BCUT2D eigenvalue weighted by molar-refractivity contribution is 0.0954. The third-order valence-electron chi connectivity index (χ3n) is 4.91. The zero-order valence-electron chi connectivity index (χ0n) is 17.7. The zero-order chi connectivity index (χ0) is 21.5. The molecule has 8 heteroatoms. The van der Waals surface area contributed by atoms with Crippen molar-refractivity contribution in [1.82, 2.24) is 5.43 Å². The van der Waals surface area contributed by atoms with E-state index < -0.39 is 0 Å². The van der Waals surface area contributed by atoms with Crippen molar-refractivity contribution in [3.8, 4) is 17.2 Å². The fraction of sp³-hybridized carbons (Fsp3) is 0.364. The predicted molar refractivity (Wildman–Crippen MR) is 115 cm³/mol. The quantitative estimate of drug-likeness (QED) is 0.555. The van der Waals surface area contributed by atoms with E-state index in [0.717, 1.165) is 37.6 Å². The lowest BCUT2D eigenvalue weighted by Crippen LogP contribution is -2.36. The fourth-order valence-electron chi connectivity index (χ4n) is 3.21. The van der Waals surface area contributed by atoms with Gasteiger partial charge in [-0.2, -0.15) is 5.10 Å². The molecule has 2 aromatic carbocycles. The molecule has 1 heterocycles. The molecule has 160 valence electrons. The van der Waals surface area contributed by atoms with Crippen LogP contribution in [0.1, 0.15) is 22.8 Å². The van der Waals surface area contributed by atoms with E-state index in [4.69, 9.17) is 18.9 Å². The summed E-state index contributed by atoms with van der Waals surface area (Å²) in [4.78, 5) is 14.9. The van der Waals surface area contributed by atoms with Gasteiger partial charge in [-0.1, -0.05) is 12.1 Å². The van der Waals surface area contributed by atoms with Gasteiger partial charge in [-0.25, -0.2) is 5.43 Å². The van der Waals surface area contributed by atoms with Crippen LogP contribution in [0.2, 0.25) is 0 Å². The molecule has 30 heavy (non-hydrogen) atoms. The van der Waals surface area contributed by atoms with Crippen LogP contribution in [-0.2, 0) is 4.74 Å². The van der Waals surface area contributed by atoms with E-state index in [1.54, 1.807) is 12.1 Å². The Labute approximate surface area is 176 Å². The first-order valence-corrected chi connectivity index (χ1v) is 9.65. The summed E-state index contributed by atoms with van der Waals surface area (Å²) in [6, 6.07) is 11.3. The van der Waals surface area contributed by atoms with Gasteiger partial charge in [0.2, 0.25) is 5.75 Å². The summed E-state index contributed by atoms with van der Waals surface area (Å²) in [5.41, 5.74) is 5.71. The normalized spacial score (nSPS) is 14.3. The molecular formula is C22H27N3O5. The number of hydrogen-bond acceptors (Lipinski definition) is 7. The molecule has 0 aromatic heterocycles. The number of methoxy groups -OCH3 is 3. The van der Waals surface area contributed by atoms with Crippen LogP contribution in [0.15, 0.2) is 41.5 Å². The SMILES string of the molecule is COc1cc(C(=O)NN=C(C)c2ccc(N3CCOCC3)cc2)cc(OC)c1OC. The summed E-state index contributed by atoms with van der Waals surface area (Å²) in [6.45, 7) is 5.11. The van der Waals surface area contributed by atoms with E-state index in [0.29, 0.717) is 28.5 Å². The summed E-state index contributed by atoms with van der Waals surface area (Å²) in [5, 5.41) is 4.24. The van der Waals surface area contributed by atoms with Crippen molar-refractivity contribution in [2.45, 2.75) is 6.92 Å². The average molecular weight is 413 g/mol. The smallest absolute Gasteiger partial charge is 0.271 e. The predicted octanol–water partition coefficient (Wildman–Crippen LogP) is 2.70. The summed E-state index contributed by atoms with van der Waals surface area (Å²) >= 11 is 0. The molecule has 1 aliphatic heterocycles. The minimum absolute atomic E-state index is 0.351. The lowest BCUT2D eigenvalue weighted by Gasteiger charge is -2.28. The van der Waals surface area contributed by atoms with Crippen LogP contribution in [0.25, 0.3) is 0 Å². The van der Waals surface area contributed by atoms with Gasteiger partial charge < -0.3 is 23.8 Å². The Bertz CT molecular complexity index is 880. The molecule has 1 aliphatic rings. The van der Waals surface area contributed by atoms with Crippen molar-refractivity contribution in [1.29, 1.82) is 0 Å². The Kier molecular flexibility index (Phi) is 7.13. The van der Waals surface area contributed by atoms with Gasteiger partial charge in [-0.15, -0.1) is 0 Å². The van der Waals surface area contributed by atoms with Crippen LogP contribution in [-0.4, -0.2) is 59.3 Å². The molecule has 1 saturated heterocycles. The number of ether oxygens (including phenoxy) is 4. The number of hydrogen-bond donors (Lipinski definition) is 1. The second-order valence-corrected chi connectivity index (χ2v) is 6.70. The van der Waals surface area contributed by atoms with Crippen molar-refractivity contribution >= 4 is 17.3 Å². The summed E-state index contributed by atoms with van der Waals surface area (Å²) in [5.74, 6) is 0.859. The molecule has 0 bridgehead atoms. The summed E-state index contributed by atoms with van der Waals surface area (Å²) in [7, 11) is 4.52. The topological polar surface area (TPSA) is 81.6 Å². The number of carbonyl (C=O) groups excluding carboxylic acids is 1. The number of morpholine rings is 1. The molecule has 0 spiro atoms. The largest absolute Gasteiger partial charge is 0.493 e. The van der Waals surface area contributed by atoms with Gasteiger partial charge in [-0.3, -0.25) is 4.79 Å². The maximum Gasteiger partial charge on any atom is 0.271 e. The number of anilines is 1. The van der Waals surface area contributed by atoms with Crippen LogP contribution in [0.5, 0.6) is 17.2 Å². The van der Waals surface area contributed by atoms with Crippen LogP contribution in [0.3, 0.4) is 0 Å². The summed E-state index contributed by atoms with van der Waals surface area (Å²) in [6.07, 6.45) is 0. The maximum atomic E-state index is 12.6. The van der Waals surface area contributed by atoms with Gasteiger partial charge in [0.25, 0.3) is 5.91 Å². The van der Waals surface area contributed by atoms with Gasteiger partial charge in [0.1, 0.15) is 0 Å². The Morgan fingerprint density at radius 3 is 2.10 bits per heavy atom. The average Bonchev–Trinajstić information content (AvgIpc) is 2.81. The van der Waals surface area contributed by atoms with Crippen molar-refractivity contribution in [2.24, 2.45) is 5.10 Å². The zero-order valence-corrected chi connectivity index (χ0v) is 17.7. The Morgan fingerprint density at radius 2 is 1.57 bits per heavy atom. The molecule has 0 radical (unpaired) electrons. The van der Waals surface area contributed by atoms with Crippen LogP contribution in [0.4, 0.5) is 5.69 Å². The lowest BCUT2D eigenvalue weighted by atomic mass is 10.1. The third kappa shape index (κ3) is 4.83. The second kappa shape index (κ2) is 9.98. The first kappa shape index (κ1) is 21.4. The molecule has 2 aromatic rings. The first-order chi connectivity index (χ1) is 14.6. The van der Waals surface area contributed by atoms with E-state index in [1.165, 1.54) is 21.3 Å². The first-order valence-electron chi connectivity index (χ1n) is 9.65. The van der Waals surface area contributed by atoms with Crippen molar-refractivity contribution < 1.29 is 23.7 Å². The highest BCUT2D eigenvalue weighted by Crippen LogP contribution is 2.38. The molecule has 1 amide bonds. The molecule has 1 N–H and O–H groups in total. The van der Waals surface area contributed by atoms with E-state index in [1.807, 2.05) is 19.1 Å². The van der Waals surface area contributed by atoms with E-state index in [2.05, 4.69) is 27.6 Å². The number of hydrazone groups is 1. The summed E-state index contributed by atoms with van der Waals surface area (Å²) < 4.78 is 21.3. The van der Waals surface area contributed by atoms with Crippen LogP contribution in [0, 0.1) is 0 Å². The Morgan fingerprint density at radius 1 is 0.967 bits per heavy atom. The molecular weight excluding hydrogens is 386 g/mol. The standard InChI is InChI=1S/C22H27N3O5/c1-15(16-5-7-18(8-6-16)25-9-11-30-12-10-25)23-24-22(26)17-13-19(27-2)21(29-4)20(14-17)28-3/h5-8,13-14H,9-12H2,1-4H3,(H,24,26). The monoisotopic (exact) mass is 413 g/mol. The highest BCUT2D eigenvalue weighted by atomic mass is 16.5. The molecule has 8 nitrogen and oxygen atoms in total. The number of amides is 1. The minimum atomic E-state index is -0.376. The maximum absolute atomic E-state index is 12.6. The van der Waals surface area contributed by atoms with Gasteiger partial charge in [0.05, 0.1) is 40.3 Å². The van der Waals surface area contributed by atoms with Crippen molar-refractivity contribution in [2.75, 3.05) is 52.5 Å². The number of nitrogens with one attached hydrogen (secondary N) is 1. The van der Waals surface area contributed by atoms with E-state index >= 15 is 0 Å². The van der Waals surface area contributed by atoms with Gasteiger partial charge >= 0.3 is 0 Å². The number of carbonyl (C=O) groups is 1. The minimum Gasteiger partial charge on any atom is -0.493 e. The van der Waals surface area contributed by atoms with Crippen molar-refractivity contribution in [3.05, 3.63) is 47.5 Å². The van der Waals surface area contributed by atoms with E-state index in [9.17, 15) is 4.79 Å². The number of benzene rings is 2. The molecule has 1 fully saturated rings. The second-order valence-electron chi connectivity index (χ2n) is 6.70. The third-order valence-corrected chi connectivity index (χ3v) is 4.91. The molecule has 3 rings (SSSR count). The molecule has 0 aliphatic carbocycles. The highest BCUT2D eigenvalue weighted by molar-refractivity contribution is 6.01. The van der Waals surface area contributed by atoms with Gasteiger partial charge in [-0.05, 0) is 36.8 Å². The number of rotatable bonds is 7. The van der Waals surface area contributed by atoms with Gasteiger partial charge in [0.15, 0.2) is 11.5 Å². The fourth-order valence-corrected chi connectivity index (χ4v) is 3.21. The molecule has 0 atom stereocenters. The Balaban J connectivity index is 1.71. The van der Waals surface area contributed by atoms with Crippen LogP contribution >= 0.6 is 0 Å².